The number of fused-ring (bicyclic) bond motifs is 1. The fourth-order valence-corrected chi connectivity index (χ4v) is 3.35. The first-order valence-corrected chi connectivity index (χ1v) is 7.52. The fourth-order valence-electron chi connectivity index (χ4n) is 1.89. The number of carboxylic acid groups (broad SMARTS) is 1. The van der Waals surface area contributed by atoms with E-state index >= 15 is 0 Å². The normalized spacial score (nSPS) is 12.3. The van der Waals surface area contributed by atoms with Gasteiger partial charge in [-0.2, -0.15) is 0 Å². The second-order valence-electron chi connectivity index (χ2n) is 4.54. The molecule has 2 aromatic rings. The summed E-state index contributed by atoms with van der Waals surface area (Å²) in [4.78, 5) is 23.3. The predicted molar refractivity (Wildman–Crippen MR) is 80.5 cm³/mol. The molecule has 0 spiro atoms. The first-order chi connectivity index (χ1) is 9.93. The van der Waals surface area contributed by atoms with Gasteiger partial charge in [0.2, 0.25) is 0 Å². The molecule has 21 heavy (non-hydrogen) atoms. The Kier molecular flexibility index (Phi) is 4.80. The predicted octanol–water partition coefficient (Wildman–Crippen LogP) is 3.53. The van der Waals surface area contributed by atoms with Crippen LogP contribution in [0.25, 0.3) is 10.1 Å². The highest BCUT2D eigenvalue weighted by Gasteiger charge is 2.20. The van der Waals surface area contributed by atoms with Crippen LogP contribution in [0.3, 0.4) is 0 Å². The maximum atomic E-state index is 13.2. The Hall–Kier alpha value is -1.66. The molecule has 0 bridgehead atoms. The van der Waals surface area contributed by atoms with Crippen molar-refractivity contribution in [2.75, 3.05) is 6.54 Å². The molecule has 0 saturated heterocycles. The third kappa shape index (κ3) is 3.33. The summed E-state index contributed by atoms with van der Waals surface area (Å²) in [6, 6.07) is 4.11. The van der Waals surface area contributed by atoms with E-state index in [4.69, 9.17) is 16.7 Å². The van der Waals surface area contributed by atoms with Crippen LogP contribution < -0.4 is 5.32 Å². The van der Waals surface area contributed by atoms with Crippen molar-refractivity contribution in [3.8, 4) is 0 Å². The van der Waals surface area contributed by atoms with Crippen LogP contribution in [0.1, 0.15) is 23.0 Å². The van der Waals surface area contributed by atoms with Gasteiger partial charge in [0.25, 0.3) is 5.91 Å². The number of carboxylic acids is 1. The number of amides is 1. The quantitative estimate of drug-likeness (QED) is 0.881. The lowest BCUT2D eigenvalue weighted by Crippen LogP contribution is -2.32. The van der Waals surface area contributed by atoms with Gasteiger partial charge in [0.1, 0.15) is 10.7 Å². The van der Waals surface area contributed by atoms with Crippen molar-refractivity contribution in [3.63, 3.8) is 0 Å². The van der Waals surface area contributed by atoms with Crippen molar-refractivity contribution in [2.45, 2.75) is 13.3 Å². The zero-order valence-electron chi connectivity index (χ0n) is 11.2. The van der Waals surface area contributed by atoms with Gasteiger partial charge >= 0.3 is 5.97 Å². The molecular weight excluding hydrogens is 317 g/mol. The van der Waals surface area contributed by atoms with Crippen LogP contribution in [0.4, 0.5) is 4.39 Å². The number of halogens is 2. The van der Waals surface area contributed by atoms with E-state index in [1.807, 2.05) is 0 Å². The fraction of sp³-hybridized carbons (Fsp3) is 0.286. The summed E-state index contributed by atoms with van der Waals surface area (Å²) in [5.74, 6) is -2.44. The molecule has 1 aromatic heterocycles. The van der Waals surface area contributed by atoms with E-state index in [-0.39, 0.29) is 16.4 Å². The highest BCUT2D eigenvalue weighted by molar-refractivity contribution is 7.21. The van der Waals surface area contributed by atoms with E-state index in [0.29, 0.717) is 16.5 Å². The van der Waals surface area contributed by atoms with E-state index in [9.17, 15) is 14.0 Å². The summed E-state index contributed by atoms with van der Waals surface area (Å²) in [6.07, 6.45) is 0.418. The molecule has 4 nitrogen and oxygen atoms in total. The highest BCUT2D eigenvalue weighted by Crippen LogP contribution is 2.35. The summed E-state index contributed by atoms with van der Waals surface area (Å²) in [6.45, 7) is 1.77. The molecule has 1 aromatic carbocycles. The van der Waals surface area contributed by atoms with Gasteiger partial charge in [-0.1, -0.05) is 18.5 Å². The Morgan fingerprint density at radius 3 is 2.81 bits per heavy atom. The van der Waals surface area contributed by atoms with Gasteiger partial charge in [0.15, 0.2) is 0 Å². The number of hydrogen-bond acceptors (Lipinski definition) is 3. The minimum Gasteiger partial charge on any atom is -0.481 e. The molecule has 0 aliphatic heterocycles. The molecule has 1 atom stereocenters. The minimum atomic E-state index is -0.956. The number of carbonyl (C=O) groups excluding carboxylic acids is 1. The van der Waals surface area contributed by atoms with E-state index in [1.165, 1.54) is 18.2 Å². The molecule has 0 aliphatic carbocycles. The number of carbonyl (C=O) groups is 2. The molecule has 0 radical (unpaired) electrons. The Bertz CT molecular complexity index is 701. The summed E-state index contributed by atoms with van der Waals surface area (Å²) in [7, 11) is 0. The van der Waals surface area contributed by atoms with Crippen LogP contribution >= 0.6 is 22.9 Å². The lowest BCUT2D eigenvalue weighted by molar-refractivity contribution is -0.141. The molecular formula is C14H13ClFNO3S. The van der Waals surface area contributed by atoms with E-state index in [1.54, 1.807) is 6.92 Å². The summed E-state index contributed by atoms with van der Waals surface area (Å²) >= 11 is 7.21. The topological polar surface area (TPSA) is 66.4 Å². The minimum absolute atomic E-state index is 0.0314. The lowest BCUT2D eigenvalue weighted by atomic mass is 10.1. The zero-order chi connectivity index (χ0) is 15.6. The van der Waals surface area contributed by atoms with Crippen LogP contribution in [-0.2, 0) is 4.79 Å². The smallest absolute Gasteiger partial charge is 0.308 e. The Morgan fingerprint density at radius 2 is 2.19 bits per heavy atom. The van der Waals surface area contributed by atoms with Crippen molar-refractivity contribution in [1.29, 1.82) is 0 Å². The van der Waals surface area contributed by atoms with Crippen molar-refractivity contribution < 1.29 is 19.1 Å². The van der Waals surface area contributed by atoms with Crippen LogP contribution in [0.15, 0.2) is 18.2 Å². The van der Waals surface area contributed by atoms with Crippen molar-refractivity contribution in [3.05, 3.63) is 33.9 Å². The van der Waals surface area contributed by atoms with Crippen LogP contribution in [0.2, 0.25) is 5.02 Å². The first-order valence-electron chi connectivity index (χ1n) is 6.32. The number of thiophene rings is 1. The van der Waals surface area contributed by atoms with Crippen molar-refractivity contribution in [1.82, 2.24) is 5.32 Å². The van der Waals surface area contributed by atoms with E-state index in [2.05, 4.69) is 5.32 Å². The maximum absolute atomic E-state index is 13.2. The number of rotatable bonds is 5. The molecule has 0 saturated carbocycles. The second kappa shape index (κ2) is 6.41. The zero-order valence-corrected chi connectivity index (χ0v) is 12.7. The van der Waals surface area contributed by atoms with Gasteiger partial charge in [0.05, 0.1) is 10.9 Å². The van der Waals surface area contributed by atoms with Crippen LogP contribution in [0.5, 0.6) is 0 Å². The first kappa shape index (κ1) is 15.7. The van der Waals surface area contributed by atoms with Crippen LogP contribution in [-0.4, -0.2) is 23.5 Å². The number of aliphatic carboxylic acids is 1. The molecule has 1 amide bonds. The van der Waals surface area contributed by atoms with E-state index < -0.39 is 23.6 Å². The third-order valence-electron chi connectivity index (χ3n) is 3.15. The Morgan fingerprint density at radius 1 is 1.48 bits per heavy atom. The van der Waals surface area contributed by atoms with Gasteiger partial charge in [-0.25, -0.2) is 4.39 Å². The van der Waals surface area contributed by atoms with Gasteiger partial charge in [0, 0.05) is 16.6 Å². The standard InChI is InChI=1S/C14H13ClFNO3S/c1-2-7(14(19)20)6-17-13(18)12-11(15)9-4-3-8(16)5-10(9)21-12/h3-5,7H,2,6H2,1H3,(H,17,18)(H,19,20). The molecule has 0 fully saturated rings. The molecule has 0 aliphatic rings. The Labute approximate surface area is 129 Å². The van der Waals surface area contributed by atoms with Crippen molar-refractivity contribution in [2.24, 2.45) is 5.92 Å². The maximum Gasteiger partial charge on any atom is 0.308 e. The second-order valence-corrected chi connectivity index (χ2v) is 5.97. The van der Waals surface area contributed by atoms with Gasteiger partial charge in [-0.3, -0.25) is 9.59 Å². The Balaban J connectivity index is 2.20. The molecule has 2 rings (SSSR count). The van der Waals surface area contributed by atoms with Gasteiger partial charge < -0.3 is 10.4 Å². The number of nitrogens with one attached hydrogen (secondary N) is 1. The molecule has 1 unspecified atom stereocenters. The third-order valence-corrected chi connectivity index (χ3v) is 4.80. The van der Waals surface area contributed by atoms with Gasteiger partial charge in [-0.15, -0.1) is 11.3 Å². The molecule has 7 heteroatoms. The van der Waals surface area contributed by atoms with E-state index in [0.717, 1.165) is 11.3 Å². The molecule has 112 valence electrons. The summed E-state index contributed by atoms with van der Waals surface area (Å²) < 4.78 is 13.7. The summed E-state index contributed by atoms with van der Waals surface area (Å²) in [5, 5.41) is 12.4. The molecule has 1 heterocycles. The number of benzene rings is 1. The SMILES string of the molecule is CCC(CNC(=O)c1sc2cc(F)ccc2c1Cl)C(=O)O. The van der Waals surface area contributed by atoms with Crippen molar-refractivity contribution >= 4 is 44.9 Å². The molecule has 2 N–H and O–H groups in total. The monoisotopic (exact) mass is 329 g/mol. The average molecular weight is 330 g/mol. The highest BCUT2D eigenvalue weighted by atomic mass is 35.5. The van der Waals surface area contributed by atoms with Crippen LogP contribution in [0, 0.1) is 11.7 Å². The number of hydrogen-bond donors (Lipinski definition) is 2. The van der Waals surface area contributed by atoms with Gasteiger partial charge in [-0.05, 0) is 24.6 Å². The largest absolute Gasteiger partial charge is 0.481 e. The lowest BCUT2D eigenvalue weighted by Gasteiger charge is -2.10. The average Bonchev–Trinajstić information content (AvgIpc) is 2.75. The summed E-state index contributed by atoms with van der Waals surface area (Å²) in [5.41, 5.74) is 0.